The molecule has 0 unspecified atom stereocenters. The highest BCUT2D eigenvalue weighted by molar-refractivity contribution is 5.89. The average molecular weight is 366 g/mol. The van der Waals surface area contributed by atoms with Gasteiger partial charge >= 0.3 is 11.9 Å². The lowest BCUT2D eigenvalue weighted by molar-refractivity contribution is -0.134. The highest BCUT2D eigenvalue weighted by atomic mass is 16.7. The van der Waals surface area contributed by atoms with Gasteiger partial charge in [-0.05, 0) is 6.42 Å². The first-order valence-corrected chi connectivity index (χ1v) is 7.43. The summed E-state index contributed by atoms with van der Waals surface area (Å²) in [6.45, 7) is 3.20. The second-order valence-electron chi connectivity index (χ2n) is 4.46. The average Bonchev–Trinajstić information content (AvgIpc) is 2.62. The summed E-state index contributed by atoms with van der Waals surface area (Å²) in [4.78, 5) is 36.8. The highest BCUT2D eigenvalue weighted by Crippen LogP contribution is 2.12. The number of aromatic nitrogens is 3. The zero-order chi connectivity index (χ0) is 19.9. The molecule has 1 heterocycles. The van der Waals surface area contributed by atoms with Crippen molar-refractivity contribution in [1.29, 1.82) is 0 Å². The predicted molar refractivity (Wildman–Crippen MR) is 95.8 cm³/mol. The van der Waals surface area contributed by atoms with E-state index in [0.717, 1.165) is 13.0 Å². The van der Waals surface area contributed by atoms with E-state index < -0.39 is 11.9 Å². The second kappa shape index (κ2) is 13.0. The van der Waals surface area contributed by atoms with Crippen molar-refractivity contribution in [2.75, 3.05) is 42.9 Å². The summed E-state index contributed by atoms with van der Waals surface area (Å²) in [5.41, 5.74) is 0. The van der Waals surface area contributed by atoms with Crippen molar-refractivity contribution in [2.24, 2.45) is 0 Å². The van der Waals surface area contributed by atoms with Crippen LogP contribution in [0.1, 0.15) is 13.3 Å². The van der Waals surface area contributed by atoms with Gasteiger partial charge in [-0.25, -0.2) is 14.7 Å². The van der Waals surface area contributed by atoms with Gasteiger partial charge in [-0.1, -0.05) is 12.8 Å². The number of nitrogens with one attached hydrogen (secondary N) is 2. The van der Waals surface area contributed by atoms with E-state index >= 15 is 0 Å². The fourth-order valence-corrected chi connectivity index (χ4v) is 1.25. The van der Waals surface area contributed by atoms with E-state index in [1.165, 1.54) is 12.2 Å². The molecule has 0 aliphatic heterocycles. The van der Waals surface area contributed by atoms with Crippen molar-refractivity contribution in [3.05, 3.63) is 12.2 Å². The Morgan fingerprint density at radius 1 is 1.19 bits per heavy atom. The molecule has 0 saturated carbocycles. The maximum atomic E-state index is 9.55. The molecule has 11 nitrogen and oxygen atoms in total. The van der Waals surface area contributed by atoms with Crippen LogP contribution in [0.25, 0.3) is 0 Å². The van der Waals surface area contributed by atoms with Gasteiger partial charge in [-0.2, -0.15) is 15.0 Å². The van der Waals surface area contributed by atoms with Crippen LogP contribution in [0.2, 0.25) is 0 Å². The molecule has 11 heteroatoms. The van der Waals surface area contributed by atoms with Crippen LogP contribution in [0.15, 0.2) is 12.2 Å². The smallest absolute Gasteiger partial charge is 0.328 e. The molecule has 0 aliphatic carbocycles. The van der Waals surface area contributed by atoms with Crippen LogP contribution in [0.3, 0.4) is 0 Å². The third-order valence-electron chi connectivity index (χ3n) is 2.43. The number of anilines is 3. The van der Waals surface area contributed by atoms with E-state index in [0.29, 0.717) is 36.5 Å². The molecule has 1 rings (SSSR count). The largest absolute Gasteiger partial charge is 0.478 e. The van der Waals surface area contributed by atoms with E-state index in [2.05, 4.69) is 38.4 Å². The molecule has 0 aliphatic rings. The molecule has 1 aromatic heterocycles. The number of hydrogen-bond donors (Lipinski definition) is 4. The van der Waals surface area contributed by atoms with Crippen LogP contribution in [0, 0.1) is 12.3 Å². The van der Waals surface area contributed by atoms with Gasteiger partial charge < -0.3 is 20.8 Å². The Morgan fingerprint density at radius 2 is 1.73 bits per heavy atom. The first-order chi connectivity index (χ1) is 12.3. The van der Waals surface area contributed by atoms with Crippen LogP contribution in [0.5, 0.6) is 0 Å². The number of carboxylic acids is 2. The molecule has 0 radical (unpaired) electrons. The van der Waals surface area contributed by atoms with Crippen LogP contribution in [-0.4, -0.2) is 64.4 Å². The number of rotatable bonds is 9. The Bertz CT molecular complexity index is 642. The Labute approximate surface area is 151 Å². The monoisotopic (exact) mass is 366 g/mol. The van der Waals surface area contributed by atoms with Gasteiger partial charge in [0.05, 0.1) is 13.7 Å². The van der Waals surface area contributed by atoms with Crippen molar-refractivity contribution in [3.63, 3.8) is 0 Å². The van der Waals surface area contributed by atoms with Gasteiger partial charge in [-0.15, -0.1) is 6.42 Å². The lowest BCUT2D eigenvalue weighted by Crippen LogP contribution is -2.20. The van der Waals surface area contributed by atoms with Gasteiger partial charge in [0.1, 0.15) is 0 Å². The van der Waals surface area contributed by atoms with E-state index in [4.69, 9.17) is 21.5 Å². The number of terminal acetylenes is 1. The lowest BCUT2D eigenvalue weighted by atomic mass is 10.5. The summed E-state index contributed by atoms with van der Waals surface area (Å²) in [7, 11) is 3.25. The van der Waals surface area contributed by atoms with Crippen molar-refractivity contribution >= 4 is 29.8 Å². The minimum atomic E-state index is -1.26. The molecule has 0 saturated heterocycles. The molecule has 0 aromatic carbocycles. The maximum absolute atomic E-state index is 9.55. The van der Waals surface area contributed by atoms with Crippen molar-refractivity contribution in [1.82, 2.24) is 15.0 Å². The van der Waals surface area contributed by atoms with Crippen molar-refractivity contribution in [3.8, 4) is 12.3 Å². The van der Waals surface area contributed by atoms with Crippen molar-refractivity contribution < 1.29 is 24.6 Å². The van der Waals surface area contributed by atoms with Gasteiger partial charge in [-0.3, -0.25) is 4.84 Å². The van der Waals surface area contributed by atoms with Gasteiger partial charge in [0.15, 0.2) is 0 Å². The number of carboxylic acid groups (broad SMARTS) is 2. The van der Waals surface area contributed by atoms with Gasteiger partial charge in [0.2, 0.25) is 11.9 Å². The molecule has 0 bridgehead atoms. The van der Waals surface area contributed by atoms with E-state index in [-0.39, 0.29) is 0 Å². The molecule has 142 valence electrons. The zero-order valence-electron chi connectivity index (χ0n) is 14.8. The van der Waals surface area contributed by atoms with Crippen LogP contribution in [0.4, 0.5) is 17.8 Å². The summed E-state index contributed by atoms with van der Waals surface area (Å²) >= 11 is 0. The standard InChI is InChI=1S/C11H18N6O.C4H4O4/c1-5-7-12-9-14-10(13-8-6-2)16-11(15-9)17(3)18-4;5-3(6)1-2-4(7)8/h1H,6-8H2,2-4H3,(H2,12,13,14,15,16);1-2H,(H,5,6)(H,7,8). The molecule has 26 heavy (non-hydrogen) atoms. The van der Waals surface area contributed by atoms with E-state index in [9.17, 15) is 9.59 Å². The number of hydrogen-bond acceptors (Lipinski definition) is 9. The minimum absolute atomic E-state index is 0.355. The maximum Gasteiger partial charge on any atom is 0.328 e. The first kappa shape index (κ1) is 22.6. The highest BCUT2D eigenvalue weighted by Gasteiger charge is 2.09. The third-order valence-corrected chi connectivity index (χ3v) is 2.43. The number of nitrogens with zero attached hydrogens (tertiary/aromatic N) is 4. The van der Waals surface area contributed by atoms with Gasteiger partial charge in [0, 0.05) is 25.7 Å². The summed E-state index contributed by atoms with van der Waals surface area (Å²) in [6, 6.07) is 0. The fourth-order valence-electron chi connectivity index (χ4n) is 1.25. The molecule has 4 N–H and O–H groups in total. The van der Waals surface area contributed by atoms with Crippen LogP contribution in [-0.2, 0) is 14.4 Å². The molecular weight excluding hydrogens is 344 g/mol. The predicted octanol–water partition coefficient (Wildman–Crippen LogP) is 0.448. The summed E-state index contributed by atoms with van der Waals surface area (Å²) in [6.07, 6.45) is 7.28. The fraction of sp³-hybridized carbons (Fsp3) is 0.400. The molecule has 0 spiro atoms. The normalized spacial score (nSPS) is 9.62. The first-order valence-electron chi connectivity index (χ1n) is 7.43. The van der Waals surface area contributed by atoms with Gasteiger partial charge in [0.25, 0.3) is 5.95 Å². The molecule has 0 fully saturated rings. The topological polar surface area (TPSA) is 150 Å². The molecule has 0 atom stereocenters. The Morgan fingerprint density at radius 3 is 2.15 bits per heavy atom. The molecular formula is C15H22N6O5. The summed E-state index contributed by atoms with van der Waals surface area (Å²) in [5.74, 6) is 1.27. The Hall–Kier alpha value is -3.39. The van der Waals surface area contributed by atoms with Crippen molar-refractivity contribution in [2.45, 2.75) is 13.3 Å². The lowest BCUT2D eigenvalue weighted by Gasteiger charge is -2.15. The SMILES string of the molecule is C#CCNc1nc(NCCC)nc(N(C)OC)n1.O=C(O)C=CC(=O)O. The van der Waals surface area contributed by atoms with E-state index in [1.54, 1.807) is 7.05 Å². The Balaban J connectivity index is 0.000000660. The summed E-state index contributed by atoms with van der Waals surface area (Å²) in [5, 5.41) is 23.1. The third kappa shape index (κ3) is 10.4. The number of hydroxylamine groups is 1. The van der Waals surface area contributed by atoms with E-state index in [1.807, 2.05) is 0 Å². The Kier molecular flexibility index (Phi) is 11.3. The van der Waals surface area contributed by atoms with Crippen LogP contribution >= 0.6 is 0 Å². The minimum Gasteiger partial charge on any atom is -0.478 e. The zero-order valence-corrected chi connectivity index (χ0v) is 14.8. The second-order valence-corrected chi connectivity index (χ2v) is 4.46. The van der Waals surface area contributed by atoms with Crippen LogP contribution < -0.4 is 15.7 Å². The quantitative estimate of drug-likeness (QED) is 0.274. The summed E-state index contributed by atoms with van der Waals surface area (Å²) < 4.78 is 0. The molecule has 0 amide bonds. The molecule has 1 aromatic rings. The number of carbonyl (C=O) groups is 2. The number of aliphatic carboxylic acids is 2.